The van der Waals surface area contributed by atoms with Crippen molar-refractivity contribution >= 4 is 28.6 Å². The van der Waals surface area contributed by atoms with Crippen molar-refractivity contribution in [2.24, 2.45) is 0 Å². The molecule has 0 spiro atoms. The number of nitrogens with zero attached hydrogens (tertiary/aromatic N) is 5. The molecule has 10 nitrogen and oxygen atoms in total. The number of morpholine rings is 1. The number of benzene rings is 1. The van der Waals surface area contributed by atoms with Crippen LogP contribution in [0.2, 0.25) is 0 Å². The summed E-state index contributed by atoms with van der Waals surface area (Å²) >= 11 is 0. The first-order valence-electron chi connectivity index (χ1n) is 12.7. The number of nitrogens with one attached hydrogen (secondary N) is 2. The molecule has 3 N–H and O–H groups in total. The van der Waals surface area contributed by atoms with E-state index in [1.165, 1.54) is 11.1 Å². The lowest BCUT2D eigenvalue weighted by Gasteiger charge is -2.27. The van der Waals surface area contributed by atoms with Crippen LogP contribution in [-0.4, -0.2) is 63.5 Å². The predicted molar refractivity (Wildman–Crippen MR) is 141 cm³/mol. The lowest BCUT2D eigenvalue weighted by atomic mass is 9.96. The molecule has 0 atom stereocenters. The predicted octanol–water partition coefficient (Wildman–Crippen LogP) is 3.26. The number of ether oxygens (including phenoxy) is 1. The third-order valence-electron chi connectivity index (χ3n) is 6.72. The van der Waals surface area contributed by atoms with Gasteiger partial charge in [0.25, 0.3) is 5.91 Å². The summed E-state index contributed by atoms with van der Waals surface area (Å²) in [6.07, 6.45) is 8.20. The number of carbonyl (C=O) groups excluding carboxylic acids is 1. The van der Waals surface area contributed by atoms with Gasteiger partial charge in [0.05, 0.1) is 25.2 Å². The molecular weight excluding hydrogens is 470 g/mol. The summed E-state index contributed by atoms with van der Waals surface area (Å²) in [7, 11) is 0. The second kappa shape index (κ2) is 11.2. The van der Waals surface area contributed by atoms with E-state index in [0.29, 0.717) is 31.9 Å². The van der Waals surface area contributed by atoms with Crippen LogP contribution in [0.3, 0.4) is 0 Å². The SMILES string of the molecule is CC(C)n1cnc2c(C3=CC(CNCc4ccc(C(=O)NO)cc4)=CCC3)nc(N3CCOCC3)nc21. The molecule has 2 aromatic heterocycles. The molecule has 1 fully saturated rings. The Morgan fingerprint density at radius 2 is 1.92 bits per heavy atom. The Bertz CT molecular complexity index is 1320. The van der Waals surface area contributed by atoms with E-state index in [1.807, 2.05) is 18.5 Å². The van der Waals surface area contributed by atoms with E-state index in [4.69, 9.17) is 24.9 Å². The van der Waals surface area contributed by atoms with Crippen molar-refractivity contribution in [3.05, 3.63) is 65.1 Å². The summed E-state index contributed by atoms with van der Waals surface area (Å²) in [5, 5.41) is 12.3. The summed E-state index contributed by atoms with van der Waals surface area (Å²) in [6.45, 7) is 8.57. The van der Waals surface area contributed by atoms with E-state index < -0.39 is 5.91 Å². The van der Waals surface area contributed by atoms with Crippen LogP contribution >= 0.6 is 0 Å². The topological polar surface area (TPSA) is 117 Å². The van der Waals surface area contributed by atoms with Gasteiger partial charge in [0.1, 0.15) is 5.52 Å². The average Bonchev–Trinajstić information content (AvgIpc) is 3.38. The van der Waals surface area contributed by atoms with E-state index in [2.05, 4.69) is 40.8 Å². The maximum atomic E-state index is 11.5. The summed E-state index contributed by atoms with van der Waals surface area (Å²) < 4.78 is 7.65. The molecule has 3 aromatic rings. The number of imidazole rings is 1. The molecular formula is C27H33N7O3. The second-order valence-corrected chi connectivity index (χ2v) is 9.62. The molecule has 1 aromatic carbocycles. The molecule has 194 valence electrons. The fourth-order valence-corrected chi connectivity index (χ4v) is 4.68. The van der Waals surface area contributed by atoms with E-state index in [1.54, 1.807) is 17.6 Å². The van der Waals surface area contributed by atoms with Gasteiger partial charge in [-0.15, -0.1) is 0 Å². The van der Waals surface area contributed by atoms with Crippen LogP contribution in [-0.2, 0) is 11.3 Å². The highest BCUT2D eigenvalue weighted by Gasteiger charge is 2.22. The van der Waals surface area contributed by atoms with E-state index in [-0.39, 0.29) is 6.04 Å². The molecule has 10 heteroatoms. The quantitative estimate of drug-likeness (QED) is 0.317. The highest BCUT2D eigenvalue weighted by Crippen LogP contribution is 2.31. The molecule has 5 rings (SSSR count). The average molecular weight is 504 g/mol. The van der Waals surface area contributed by atoms with Crippen LogP contribution in [0.15, 0.2) is 48.3 Å². The van der Waals surface area contributed by atoms with Crippen molar-refractivity contribution in [2.45, 2.75) is 39.3 Å². The number of hydroxylamine groups is 1. The molecule has 0 unspecified atom stereocenters. The van der Waals surface area contributed by atoms with Crippen LogP contribution in [0.4, 0.5) is 5.95 Å². The van der Waals surface area contributed by atoms with Gasteiger partial charge >= 0.3 is 0 Å². The summed E-state index contributed by atoms with van der Waals surface area (Å²) in [5.74, 6) is 0.222. The third kappa shape index (κ3) is 5.56. The number of hydrogen-bond acceptors (Lipinski definition) is 8. The fourth-order valence-electron chi connectivity index (χ4n) is 4.68. The highest BCUT2D eigenvalue weighted by atomic mass is 16.5. The molecule has 37 heavy (non-hydrogen) atoms. The van der Waals surface area contributed by atoms with Gasteiger partial charge in [0, 0.05) is 37.8 Å². The molecule has 1 aliphatic heterocycles. The zero-order chi connectivity index (χ0) is 25.8. The van der Waals surface area contributed by atoms with Gasteiger partial charge in [-0.1, -0.05) is 24.3 Å². The molecule has 1 aliphatic carbocycles. The van der Waals surface area contributed by atoms with Crippen LogP contribution in [0.25, 0.3) is 16.7 Å². The number of carbonyl (C=O) groups is 1. The standard InChI is InChI=1S/C27H33N7O3/c1-18(2)34-17-29-24-23(30-27(31-25(24)34)33-10-12-37-13-11-33)22-5-3-4-20(14-22)16-28-15-19-6-8-21(9-7-19)26(35)32-36/h4,6-9,14,17-18,28,36H,3,5,10-13,15-16H2,1-2H3,(H,32,35). The van der Waals surface area contributed by atoms with Crippen molar-refractivity contribution < 1.29 is 14.7 Å². The van der Waals surface area contributed by atoms with E-state index in [9.17, 15) is 4.79 Å². The Labute approximate surface area is 216 Å². The molecule has 2 aliphatic rings. The molecule has 0 saturated carbocycles. The normalized spacial score (nSPS) is 16.2. The smallest absolute Gasteiger partial charge is 0.274 e. The Morgan fingerprint density at radius 1 is 1.14 bits per heavy atom. The zero-order valence-electron chi connectivity index (χ0n) is 21.3. The van der Waals surface area contributed by atoms with Gasteiger partial charge in [0.15, 0.2) is 5.65 Å². The van der Waals surface area contributed by atoms with Crippen molar-refractivity contribution in [1.82, 2.24) is 30.3 Å². The van der Waals surface area contributed by atoms with Gasteiger partial charge in [0.2, 0.25) is 5.95 Å². The Morgan fingerprint density at radius 3 is 2.65 bits per heavy atom. The molecule has 1 amide bonds. The first-order valence-corrected chi connectivity index (χ1v) is 12.7. The van der Waals surface area contributed by atoms with Crippen LogP contribution in [0.5, 0.6) is 0 Å². The summed E-state index contributed by atoms with van der Waals surface area (Å²) in [6, 6.07) is 7.40. The first kappa shape index (κ1) is 25.1. The number of rotatable bonds is 8. The van der Waals surface area contributed by atoms with E-state index in [0.717, 1.165) is 54.3 Å². The van der Waals surface area contributed by atoms with Crippen molar-refractivity contribution in [1.29, 1.82) is 0 Å². The molecule has 0 radical (unpaired) electrons. The summed E-state index contributed by atoms with van der Waals surface area (Å²) in [4.78, 5) is 28.4. The number of amides is 1. The zero-order valence-corrected chi connectivity index (χ0v) is 21.3. The first-order chi connectivity index (χ1) is 18.0. The minimum Gasteiger partial charge on any atom is -0.378 e. The van der Waals surface area contributed by atoms with Crippen LogP contribution < -0.4 is 15.7 Å². The lowest BCUT2D eigenvalue weighted by Crippen LogP contribution is -2.37. The molecule has 3 heterocycles. The Kier molecular flexibility index (Phi) is 7.59. The minimum atomic E-state index is -0.515. The van der Waals surface area contributed by atoms with Gasteiger partial charge in [-0.05, 0) is 55.5 Å². The third-order valence-corrected chi connectivity index (χ3v) is 6.72. The molecule has 0 bridgehead atoms. The fraction of sp³-hybridized carbons (Fsp3) is 0.407. The number of anilines is 1. The minimum absolute atomic E-state index is 0.248. The Balaban J connectivity index is 1.35. The number of fused-ring (bicyclic) bond motifs is 1. The largest absolute Gasteiger partial charge is 0.378 e. The lowest BCUT2D eigenvalue weighted by molar-refractivity contribution is 0.0706. The highest BCUT2D eigenvalue weighted by molar-refractivity contribution is 5.93. The second-order valence-electron chi connectivity index (χ2n) is 9.62. The maximum Gasteiger partial charge on any atom is 0.274 e. The van der Waals surface area contributed by atoms with E-state index >= 15 is 0 Å². The number of allylic oxidation sites excluding steroid dienone is 2. The van der Waals surface area contributed by atoms with Crippen LogP contribution in [0, 0.1) is 0 Å². The van der Waals surface area contributed by atoms with Crippen molar-refractivity contribution in [3.63, 3.8) is 0 Å². The summed E-state index contributed by atoms with van der Waals surface area (Å²) in [5.41, 5.74) is 8.14. The molecule has 1 saturated heterocycles. The number of hydrogen-bond donors (Lipinski definition) is 3. The van der Waals surface area contributed by atoms with Gasteiger partial charge in [-0.3, -0.25) is 10.0 Å². The monoisotopic (exact) mass is 503 g/mol. The van der Waals surface area contributed by atoms with Gasteiger partial charge in [-0.2, -0.15) is 4.98 Å². The van der Waals surface area contributed by atoms with Gasteiger partial charge in [-0.25, -0.2) is 15.4 Å². The van der Waals surface area contributed by atoms with Gasteiger partial charge < -0.3 is 19.5 Å². The van der Waals surface area contributed by atoms with Crippen LogP contribution in [0.1, 0.15) is 54.3 Å². The maximum absolute atomic E-state index is 11.5. The number of aromatic nitrogens is 4. The van der Waals surface area contributed by atoms with Crippen molar-refractivity contribution in [3.8, 4) is 0 Å². The van der Waals surface area contributed by atoms with Crippen molar-refractivity contribution in [2.75, 3.05) is 37.7 Å². The Hall–Kier alpha value is -3.60.